The van der Waals surface area contributed by atoms with E-state index in [4.69, 9.17) is 11.6 Å². The Labute approximate surface area is 265 Å². The molecular weight excluding hydrogens is 594 g/mol. The Bertz CT molecular complexity index is 1650. The van der Waals surface area contributed by atoms with Gasteiger partial charge in [-0.15, -0.1) is 0 Å². The van der Waals surface area contributed by atoms with Crippen molar-refractivity contribution in [1.29, 1.82) is 0 Å². The molecule has 1 atom stereocenters. The standard InChI is InChI=1S/C35H38ClN3O4S/c1-26(2)23-37-35(41)33(22-28-12-6-4-7-13-28)38(24-29-14-10-11-27(3)21-29)34(40)25-39(31-19-17-30(36)18-20-31)44(42,43)32-15-8-5-9-16-32/h4-21,26,33H,22-25H2,1-3H3,(H,37,41). The van der Waals surface area contributed by atoms with E-state index < -0.39 is 28.5 Å². The molecule has 0 aromatic heterocycles. The van der Waals surface area contributed by atoms with Crippen molar-refractivity contribution < 1.29 is 18.0 Å². The summed E-state index contributed by atoms with van der Waals surface area (Å²) in [7, 11) is -4.16. The molecule has 0 radical (unpaired) electrons. The summed E-state index contributed by atoms with van der Waals surface area (Å²) >= 11 is 6.12. The second kappa shape index (κ2) is 15.0. The number of carbonyl (C=O) groups is 2. The molecular formula is C35H38ClN3O4S. The highest BCUT2D eigenvalue weighted by atomic mass is 35.5. The van der Waals surface area contributed by atoms with E-state index in [0.717, 1.165) is 21.0 Å². The maximum Gasteiger partial charge on any atom is 0.264 e. The molecule has 4 aromatic rings. The fraction of sp³-hybridized carbons (Fsp3) is 0.257. The van der Waals surface area contributed by atoms with Crippen molar-refractivity contribution in [3.05, 3.63) is 131 Å². The second-order valence-electron chi connectivity index (χ2n) is 11.2. The summed E-state index contributed by atoms with van der Waals surface area (Å²) in [5, 5.41) is 3.44. The van der Waals surface area contributed by atoms with Crippen molar-refractivity contribution >= 4 is 39.1 Å². The largest absolute Gasteiger partial charge is 0.354 e. The van der Waals surface area contributed by atoms with Crippen molar-refractivity contribution in [3.8, 4) is 0 Å². The topological polar surface area (TPSA) is 86.8 Å². The van der Waals surface area contributed by atoms with E-state index in [-0.39, 0.29) is 35.4 Å². The number of sulfonamides is 1. The van der Waals surface area contributed by atoms with Gasteiger partial charge in [-0.2, -0.15) is 0 Å². The highest BCUT2D eigenvalue weighted by Gasteiger charge is 2.34. The summed E-state index contributed by atoms with van der Waals surface area (Å²) in [5.74, 6) is -0.609. The maximum absolute atomic E-state index is 14.4. The van der Waals surface area contributed by atoms with E-state index in [1.807, 2.05) is 75.4 Å². The minimum absolute atomic E-state index is 0.0449. The zero-order valence-corrected chi connectivity index (χ0v) is 26.8. The first-order chi connectivity index (χ1) is 21.0. The predicted octanol–water partition coefficient (Wildman–Crippen LogP) is 6.26. The fourth-order valence-electron chi connectivity index (χ4n) is 4.84. The first-order valence-electron chi connectivity index (χ1n) is 14.5. The van der Waals surface area contributed by atoms with Crippen LogP contribution in [0.1, 0.15) is 30.5 Å². The van der Waals surface area contributed by atoms with Gasteiger partial charge in [-0.05, 0) is 60.4 Å². The molecule has 0 spiro atoms. The maximum atomic E-state index is 14.4. The van der Waals surface area contributed by atoms with E-state index in [1.54, 1.807) is 42.5 Å². The van der Waals surface area contributed by atoms with Crippen LogP contribution in [0.4, 0.5) is 5.69 Å². The van der Waals surface area contributed by atoms with Crippen LogP contribution in [-0.2, 0) is 32.6 Å². The van der Waals surface area contributed by atoms with Crippen LogP contribution < -0.4 is 9.62 Å². The zero-order chi connectivity index (χ0) is 31.7. The summed E-state index contributed by atoms with van der Waals surface area (Å²) in [6.07, 6.45) is 0.259. The predicted molar refractivity (Wildman–Crippen MR) is 176 cm³/mol. The van der Waals surface area contributed by atoms with Gasteiger partial charge in [0.2, 0.25) is 11.8 Å². The molecule has 1 N–H and O–H groups in total. The van der Waals surface area contributed by atoms with Gasteiger partial charge in [-0.1, -0.05) is 104 Å². The fourth-order valence-corrected chi connectivity index (χ4v) is 6.40. The van der Waals surface area contributed by atoms with Crippen molar-refractivity contribution in [1.82, 2.24) is 10.2 Å². The lowest BCUT2D eigenvalue weighted by atomic mass is 10.0. The SMILES string of the molecule is Cc1cccc(CN(C(=O)CN(c2ccc(Cl)cc2)S(=O)(=O)c2ccccc2)C(Cc2ccccc2)C(=O)NCC(C)C)c1. The lowest BCUT2D eigenvalue weighted by Crippen LogP contribution is -2.53. The molecule has 7 nitrogen and oxygen atoms in total. The number of hydrogen-bond donors (Lipinski definition) is 1. The van der Waals surface area contributed by atoms with Gasteiger partial charge in [0.05, 0.1) is 10.6 Å². The molecule has 4 rings (SSSR count). The van der Waals surface area contributed by atoms with E-state index in [2.05, 4.69) is 5.32 Å². The molecule has 2 amide bonds. The molecule has 4 aromatic carbocycles. The average molecular weight is 632 g/mol. The summed E-state index contributed by atoms with van der Waals surface area (Å²) < 4.78 is 29.1. The minimum Gasteiger partial charge on any atom is -0.354 e. The molecule has 0 saturated carbocycles. The van der Waals surface area contributed by atoms with Gasteiger partial charge in [-0.3, -0.25) is 13.9 Å². The van der Waals surface area contributed by atoms with Gasteiger partial charge in [0.15, 0.2) is 0 Å². The molecule has 44 heavy (non-hydrogen) atoms. The molecule has 0 aliphatic heterocycles. The Morgan fingerprint density at radius 3 is 2.05 bits per heavy atom. The molecule has 0 aliphatic carbocycles. The van der Waals surface area contributed by atoms with Crippen LogP contribution >= 0.6 is 11.6 Å². The van der Waals surface area contributed by atoms with Crippen molar-refractivity contribution in [3.63, 3.8) is 0 Å². The second-order valence-corrected chi connectivity index (χ2v) is 13.5. The highest BCUT2D eigenvalue weighted by Crippen LogP contribution is 2.26. The zero-order valence-electron chi connectivity index (χ0n) is 25.2. The summed E-state index contributed by atoms with van der Waals surface area (Å²) in [4.78, 5) is 29.8. The van der Waals surface area contributed by atoms with Gasteiger partial charge in [-0.25, -0.2) is 8.42 Å². The lowest BCUT2D eigenvalue weighted by Gasteiger charge is -2.34. The van der Waals surface area contributed by atoms with Crippen LogP contribution in [0.2, 0.25) is 5.02 Å². The van der Waals surface area contributed by atoms with Gasteiger partial charge < -0.3 is 10.2 Å². The lowest BCUT2D eigenvalue weighted by molar-refractivity contribution is -0.140. The molecule has 0 fully saturated rings. The molecule has 0 aliphatic rings. The Morgan fingerprint density at radius 2 is 1.43 bits per heavy atom. The Balaban J connectivity index is 1.79. The Hall–Kier alpha value is -4.14. The molecule has 230 valence electrons. The van der Waals surface area contributed by atoms with Crippen LogP contribution in [0, 0.1) is 12.8 Å². The van der Waals surface area contributed by atoms with Gasteiger partial charge in [0, 0.05) is 24.5 Å². The highest BCUT2D eigenvalue weighted by molar-refractivity contribution is 7.92. The van der Waals surface area contributed by atoms with Crippen LogP contribution in [-0.4, -0.2) is 44.3 Å². The first kappa shape index (κ1) is 32.8. The average Bonchev–Trinajstić information content (AvgIpc) is 3.01. The van der Waals surface area contributed by atoms with Gasteiger partial charge in [0.25, 0.3) is 10.0 Å². The number of halogens is 1. The third-order valence-corrected chi connectivity index (χ3v) is 9.16. The Kier molecular flexibility index (Phi) is 11.2. The number of amides is 2. The molecule has 1 unspecified atom stereocenters. The van der Waals surface area contributed by atoms with Crippen LogP contribution in [0.3, 0.4) is 0 Å². The quantitative estimate of drug-likeness (QED) is 0.189. The van der Waals surface area contributed by atoms with Gasteiger partial charge >= 0.3 is 0 Å². The first-order valence-corrected chi connectivity index (χ1v) is 16.4. The van der Waals surface area contributed by atoms with E-state index in [9.17, 15) is 18.0 Å². The number of nitrogens with zero attached hydrogens (tertiary/aromatic N) is 2. The van der Waals surface area contributed by atoms with Crippen molar-refractivity contribution in [2.24, 2.45) is 5.92 Å². The van der Waals surface area contributed by atoms with E-state index in [0.29, 0.717) is 11.6 Å². The third kappa shape index (κ3) is 8.71. The van der Waals surface area contributed by atoms with Crippen molar-refractivity contribution in [2.45, 2.75) is 44.7 Å². The van der Waals surface area contributed by atoms with Crippen molar-refractivity contribution in [2.75, 3.05) is 17.4 Å². The number of aryl methyl sites for hydroxylation is 1. The summed E-state index contributed by atoms with van der Waals surface area (Å²) in [6, 6.07) is 30.6. The number of hydrogen-bond acceptors (Lipinski definition) is 4. The summed E-state index contributed by atoms with van der Waals surface area (Å²) in [6.45, 7) is 6.00. The molecule has 0 saturated heterocycles. The Morgan fingerprint density at radius 1 is 0.818 bits per heavy atom. The van der Waals surface area contributed by atoms with E-state index in [1.165, 1.54) is 17.0 Å². The van der Waals surface area contributed by atoms with Crippen LogP contribution in [0.5, 0.6) is 0 Å². The number of nitrogens with one attached hydrogen (secondary N) is 1. The number of carbonyl (C=O) groups excluding carboxylic acids is 2. The molecule has 0 heterocycles. The summed E-state index contributed by atoms with van der Waals surface area (Å²) in [5.41, 5.74) is 3.00. The normalized spacial score (nSPS) is 12.0. The molecule has 9 heteroatoms. The van der Waals surface area contributed by atoms with Crippen LogP contribution in [0.25, 0.3) is 0 Å². The molecule has 0 bridgehead atoms. The monoisotopic (exact) mass is 631 g/mol. The third-order valence-electron chi connectivity index (χ3n) is 7.12. The number of rotatable bonds is 13. The number of anilines is 1. The van der Waals surface area contributed by atoms with Gasteiger partial charge in [0.1, 0.15) is 12.6 Å². The smallest absolute Gasteiger partial charge is 0.264 e. The van der Waals surface area contributed by atoms with Crippen LogP contribution in [0.15, 0.2) is 114 Å². The van der Waals surface area contributed by atoms with E-state index >= 15 is 0 Å². The minimum atomic E-state index is -4.16. The number of benzene rings is 4.